The van der Waals surface area contributed by atoms with E-state index >= 15 is 0 Å². The van der Waals surface area contributed by atoms with Crippen LogP contribution in [0.4, 0.5) is 9.18 Å². The lowest BCUT2D eigenvalue weighted by Gasteiger charge is -2.20. The Morgan fingerprint density at radius 1 is 1.48 bits per heavy atom. The molecule has 0 aliphatic carbocycles. The number of benzene rings is 1. The van der Waals surface area contributed by atoms with Crippen molar-refractivity contribution in [3.8, 4) is 0 Å². The van der Waals surface area contributed by atoms with Gasteiger partial charge in [0.05, 0.1) is 6.04 Å². The Balaban J connectivity index is 1.60. The predicted octanol–water partition coefficient (Wildman–Crippen LogP) is 2.21. The Hall–Kier alpha value is -2.44. The van der Waals surface area contributed by atoms with E-state index in [1.54, 1.807) is 27.9 Å². The SMILES string of the molecule is C[C@@H](NC(=O)N1CC[C@@H](c2cccc(F)c2)C1)c1nncn1C. The van der Waals surface area contributed by atoms with Gasteiger partial charge in [-0.05, 0) is 31.0 Å². The lowest BCUT2D eigenvalue weighted by atomic mass is 9.98. The van der Waals surface area contributed by atoms with E-state index in [2.05, 4.69) is 15.5 Å². The van der Waals surface area contributed by atoms with Crippen molar-refractivity contribution in [2.75, 3.05) is 13.1 Å². The van der Waals surface area contributed by atoms with Crippen molar-refractivity contribution in [2.45, 2.75) is 25.3 Å². The van der Waals surface area contributed by atoms with Crippen molar-refractivity contribution >= 4 is 6.03 Å². The molecule has 1 aromatic heterocycles. The number of aryl methyl sites for hydroxylation is 1. The lowest BCUT2D eigenvalue weighted by molar-refractivity contribution is 0.204. The number of amides is 2. The summed E-state index contributed by atoms with van der Waals surface area (Å²) in [6.45, 7) is 3.14. The molecule has 0 radical (unpaired) electrons. The molecule has 1 N–H and O–H groups in total. The maximum atomic E-state index is 13.3. The normalized spacial score (nSPS) is 18.9. The molecule has 1 saturated heterocycles. The van der Waals surface area contributed by atoms with Gasteiger partial charge >= 0.3 is 6.03 Å². The average Bonchev–Trinajstić information content (AvgIpc) is 3.16. The number of rotatable bonds is 3. The number of carbonyl (C=O) groups excluding carboxylic acids is 1. The molecule has 6 nitrogen and oxygen atoms in total. The number of hydrogen-bond donors (Lipinski definition) is 1. The fourth-order valence-electron chi connectivity index (χ4n) is 3.00. The van der Waals surface area contributed by atoms with Gasteiger partial charge in [0.2, 0.25) is 0 Å². The number of urea groups is 1. The summed E-state index contributed by atoms with van der Waals surface area (Å²) in [5.41, 5.74) is 0.946. The molecule has 7 heteroatoms. The number of carbonyl (C=O) groups is 1. The molecule has 2 amide bonds. The molecule has 2 heterocycles. The molecule has 1 aliphatic rings. The smallest absolute Gasteiger partial charge is 0.317 e. The molecule has 2 atom stereocenters. The van der Waals surface area contributed by atoms with Gasteiger partial charge in [-0.1, -0.05) is 12.1 Å². The van der Waals surface area contributed by atoms with Crippen LogP contribution in [-0.4, -0.2) is 38.8 Å². The number of nitrogens with one attached hydrogen (secondary N) is 1. The van der Waals surface area contributed by atoms with Gasteiger partial charge in [0.1, 0.15) is 12.1 Å². The minimum absolute atomic E-state index is 0.126. The van der Waals surface area contributed by atoms with E-state index in [0.29, 0.717) is 18.9 Å². The molecular weight excluding hydrogens is 297 g/mol. The van der Waals surface area contributed by atoms with Crippen LogP contribution in [0.2, 0.25) is 0 Å². The van der Waals surface area contributed by atoms with Crippen LogP contribution < -0.4 is 5.32 Å². The second kappa shape index (κ2) is 6.36. The van der Waals surface area contributed by atoms with Crippen LogP contribution in [0.5, 0.6) is 0 Å². The standard InChI is InChI=1S/C16H20FN5O/c1-11(15-20-18-10-21(15)2)19-16(23)22-7-6-13(9-22)12-4-3-5-14(17)8-12/h3-5,8,10-11,13H,6-7,9H2,1-2H3,(H,19,23)/t11-,13-/m1/s1. The maximum Gasteiger partial charge on any atom is 0.317 e. The Kier molecular flexibility index (Phi) is 4.27. The van der Waals surface area contributed by atoms with Crippen LogP contribution in [0.1, 0.15) is 36.7 Å². The van der Waals surface area contributed by atoms with Crippen LogP contribution >= 0.6 is 0 Å². The first-order valence-electron chi connectivity index (χ1n) is 7.69. The van der Waals surface area contributed by atoms with Crippen molar-refractivity contribution in [3.63, 3.8) is 0 Å². The van der Waals surface area contributed by atoms with Gasteiger partial charge in [-0.2, -0.15) is 0 Å². The second-order valence-electron chi connectivity index (χ2n) is 5.96. The molecular formula is C16H20FN5O. The van der Waals surface area contributed by atoms with E-state index in [0.717, 1.165) is 12.0 Å². The van der Waals surface area contributed by atoms with Gasteiger partial charge < -0.3 is 14.8 Å². The van der Waals surface area contributed by atoms with Crippen LogP contribution in [0.25, 0.3) is 0 Å². The first-order chi connectivity index (χ1) is 11.0. The fraction of sp³-hybridized carbons (Fsp3) is 0.438. The summed E-state index contributed by atoms with van der Waals surface area (Å²) < 4.78 is 15.1. The summed E-state index contributed by atoms with van der Waals surface area (Å²) in [4.78, 5) is 14.2. The highest BCUT2D eigenvalue weighted by Crippen LogP contribution is 2.27. The van der Waals surface area contributed by atoms with E-state index < -0.39 is 0 Å². The quantitative estimate of drug-likeness (QED) is 0.944. The second-order valence-corrected chi connectivity index (χ2v) is 5.96. The highest BCUT2D eigenvalue weighted by Gasteiger charge is 2.28. The van der Waals surface area contributed by atoms with E-state index in [4.69, 9.17) is 0 Å². The van der Waals surface area contributed by atoms with Crippen molar-refractivity contribution in [1.29, 1.82) is 0 Å². The molecule has 122 valence electrons. The van der Waals surface area contributed by atoms with Gasteiger partial charge in [-0.25, -0.2) is 9.18 Å². The summed E-state index contributed by atoms with van der Waals surface area (Å²) >= 11 is 0. The van der Waals surface area contributed by atoms with E-state index in [-0.39, 0.29) is 23.8 Å². The van der Waals surface area contributed by atoms with E-state index in [9.17, 15) is 9.18 Å². The summed E-state index contributed by atoms with van der Waals surface area (Å²) in [7, 11) is 1.84. The largest absolute Gasteiger partial charge is 0.328 e. The lowest BCUT2D eigenvalue weighted by Crippen LogP contribution is -2.40. The number of hydrogen-bond acceptors (Lipinski definition) is 3. The molecule has 3 rings (SSSR count). The summed E-state index contributed by atoms with van der Waals surface area (Å²) in [5.74, 6) is 0.655. The minimum atomic E-state index is -0.235. The Morgan fingerprint density at radius 3 is 3.00 bits per heavy atom. The van der Waals surface area contributed by atoms with Gasteiger partial charge in [-0.15, -0.1) is 10.2 Å². The van der Waals surface area contributed by atoms with E-state index in [1.165, 1.54) is 6.07 Å². The molecule has 0 bridgehead atoms. The zero-order valence-corrected chi connectivity index (χ0v) is 13.2. The fourth-order valence-corrected chi connectivity index (χ4v) is 3.00. The number of halogens is 1. The number of aromatic nitrogens is 3. The highest BCUT2D eigenvalue weighted by molar-refractivity contribution is 5.75. The topological polar surface area (TPSA) is 63.1 Å². The number of nitrogens with zero attached hydrogens (tertiary/aromatic N) is 4. The van der Waals surface area contributed by atoms with Crippen LogP contribution in [0, 0.1) is 5.82 Å². The highest BCUT2D eigenvalue weighted by atomic mass is 19.1. The zero-order chi connectivity index (χ0) is 16.4. The summed E-state index contributed by atoms with van der Waals surface area (Å²) in [6, 6.07) is 6.27. The van der Waals surface area contributed by atoms with Crippen molar-refractivity contribution in [3.05, 3.63) is 47.8 Å². The first-order valence-corrected chi connectivity index (χ1v) is 7.69. The third kappa shape index (κ3) is 3.33. The summed E-state index contributed by atoms with van der Waals surface area (Å²) in [6.07, 6.45) is 2.45. The van der Waals surface area contributed by atoms with Gasteiger partial charge in [0.15, 0.2) is 5.82 Å². The third-order valence-corrected chi connectivity index (χ3v) is 4.27. The Labute approximate surface area is 134 Å². The summed E-state index contributed by atoms with van der Waals surface area (Å²) in [5, 5.41) is 10.8. The average molecular weight is 317 g/mol. The van der Waals surface area contributed by atoms with Crippen molar-refractivity contribution < 1.29 is 9.18 Å². The number of likely N-dealkylation sites (tertiary alicyclic amines) is 1. The minimum Gasteiger partial charge on any atom is -0.328 e. The van der Waals surface area contributed by atoms with Gasteiger partial charge in [0.25, 0.3) is 0 Å². The molecule has 0 saturated carbocycles. The molecule has 23 heavy (non-hydrogen) atoms. The van der Waals surface area contributed by atoms with Crippen LogP contribution in [-0.2, 0) is 7.05 Å². The predicted molar refractivity (Wildman–Crippen MR) is 83.3 cm³/mol. The van der Waals surface area contributed by atoms with Crippen molar-refractivity contribution in [1.82, 2.24) is 25.0 Å². The molecule has 1 aliphatic heterocycles. The maximum absolute atomic E-state index is 13.3. The van der Waals surface area contributed by atoms with Gasteiger partial charge in [0, 0.05) is 26.1 Å². The first kappa shape index (κ1) is 15.5. The monoisotopic (exact) mass is 317 g/mol. The van der Waals surface area contributed by atoms with Crippen LogP contribution in [0.3, 0.4) is 0 Å². The molecule has 0 spiro atoms. The molecule has 1 fully saturated rings. The zero-order valence-electron chi connectivity index (χ0n) is 13.2. The van der Waals surface area contributed by atoms with E-state index in [1.807, 2.05) is 20.0 Å². The van der Waals surface area contributed by atoms with Crippen LogP contribution in [0.15, 0.2) is 30.6 Å². The van der Waals surface area contributed by atoms with Gasteiger partial charge in [-0.3, -0.25) is 0 Å². The van der Waals surface area contributed by atoms with Crippen molar-refractivity contribution in [2.24, 2.45) is 7.05 Å². The molecule has 0 unspecified atom stereocenters. The Bertz CT molecular complexity index is 701. The molecule has 2 aromatic rings. The third-order valence-electron chi connectivity index (χ3n) is 4.27. The Morgan fingerprint density at radius 2 is 2.30 bits per heavy atom. The molecule has 1 aromatic carbocycles.